The number of hydrogen-bond donors (Lipinski definition) is 0. The molecule has 0 rings (SSSR count). The summed E-state index contributed by atoms with van der Waals surface area (Å²) in [7, 11) is 0. The molecule has 4 heteroatoms. The van der Waals surface area contributed by atoms with Crippen molar-refractivity contribution in [2.75, 3.05) is 0 Å². The van der Waals surface area contributed by atoms with E-state index in [-0.39, 0.29) is 37.0 Å². The van der Waals surface area contributed by atoms with Crippen molar-refractivity contribution in [2.45, 2.75) is 222 Å². The van der Waals surface area contributed by atoms with Gasteiger partial charge in [0.2, 0.25) is 0 Å². The molecule has 0 aromatic heterocycles. The van der Waals surface area contributed by atoms with Gasteiger partial charge in [0.1, 0.15) is 0 Å². The molecule has 0 saturated heterocycles. The van der Waals surface area contributed by atoms with Gasteiger partial charge in [0.25, 0.3) is 0 Å². The van der Waals surface area contributed by atoms with Gasteiger partial charge in [0, 0.05) is 11.8 Å². The van der Waals surface area contributed by atoms with Crippen LogP contribution in [0.1, 0.15) is 185 Å². The van der Waals surface area contributed by atoms with Gasteiger partial charge in [0.15, 0.2) is 12.6 Å². The molecular formula is C36H74O4. The molecule has 0 bridgehead atoms. The maximum Gasteiger partial charge on any atom is 0.161 e. The van der Waals surface area contributed by atoms with Crippen molar-refractivity contribution < 1.29 is 18.9 Å². The average Bonchev–Trinajstić information content (AvgIpc) is 2.86. The van der Waals surface area contributed by atoms with Crippen molar-refractivity contribution in [3.8, 4) is 0 Å². The molecule has 0 aromatic carbocycles. The zero-order chi connectivity index (χ0) is 30.2. The molecule has 2 unspecified atom stereocenters. The maximum absolute atomic E-state index is 6.42. The minimum Gasteiger partial charge on any atom is -0.350 e. The SMILES string of the molecule is CCCCCCCCCC(CCC(CCCCCCCCC)C(OC(C)C)OC(C)C)C(OC(C)C)OC(C)C. The molecule has 2 atom stereocenters. The van der Waals surface area contributed by atoms with Crippen LogP contribution in [0.2, 0.25) is 0 Å². The Balaban J connectivity index is 5.45. The second kappa shape index (κ2) is 26.5. The van der Waals surface area contributed by atoms with Crippen LogP contribution in [0, 0.1) is 11.8 Å². The van der Waals surface area contributed by atoms with Crippen LogP contribution in [0.4, 0.5) is 0 Å². The van der Waals surface area contributed by atoms with E-state index in [0.717, 1.165) is 12.8 Å². The first-order valence-corrected chi connectivity index (χ1v) is 17.7. The fourth-order valence-electron chi connectivity index (χ4n) is 5.57. The summed E-state index contributed by atoms with van der Waals surface area (Å²) in [5.41, 5.74) is 0. The van der Waals surface area contributed by atoms with Crippen LogP contribution in [0.5, 0.6) is 0 Å². The molecule has 0 aliphatic rings. The number of unbranched alkanes of at least 4 members (excludes halogenated alkanes) is 12. The fraction of sp³-hybridized carbons (Fsp3) is 1.00. The standard InChI is InChI=1S/C36H74O4/c1-11-13-15-17-19-21-23-25-33(35(37-29(3)4)38-30(5)6)27-28-34(26-24-22-20-18-16-14-12-2)36(39-31(7)8)40-32(9)10/h29-36H,11-28H2,1-10H3. The quantitative estimate of drug-likeness (QED) is 0.0662. The van der Waals surface area contributed by atoms with Crippen molar-refractivity contribution in [2.24, 2.45) is 11.8 Å². The van der Waals surface area contributed by atoms with E-state index >= 15 is 0 Å². The Kier molecular flexibility index (Phi) is 26.4. The predicted octanol–water partition coefficient (Wildman–Crippen LogP) is 11.6. The van der Waals surface area contributed by atoms with Crippen molar-refractivity contribution in [3.63, 3.8) is 0 Å². The van der Waals surface area contributed by atoms with Crippen molar-refractivity contribution in [1.82, 2.24) is 0 Å². The molecule has 0 saturated carbocycles. The lowest BCUT2D eigenvalue weighted by atomic mass is 9.87. The predicted molar refractivity (Wildman–Crippen MR) is 174 cm³/mol. The van der Waals surface area contributed by atoms with Gasteiger partial charge >= 0.3 is 0 Å². The highest BCUT2D eigenvalue weighted by Gasteiger charge is 2.30. The highest BCUT2D eigenvalue weighted by molar-refractivity contribution is 4.73. The number of hydrogen-bond acceptors (Lipinski definition) is 4. The Morgan fingerprint density at radius 1 is 0.325 bits per heavy atom. The molecule has 0 aliphatic carbocycles. The molecule has 0 amide bonds. The minimum absolute atomic E-state index is 0.144. The molecule has 0 fully saturated rings. The van der Waals surface area contributed by atoms with E-state index in [1.807, 2.05) is 0 Å². The Morgan fingerprint density at radius 2 is 0.575 bits per heavy atom. The van der Waals surface area contributed by atoms with E-state index in [9.17, 15) is 0 Å². The first kappa shape index (κ1) is 39.8. The smallest absolute Gasteiger partial charge is 0.161 e. The average molecular weight is 571 g/mol. The monoisotopic (exact) mass is 571 g/mol. The molecule has 0 aliphatic heterocycles. The van der Waals surface area contributed by atoms with Crippen LogP contribution >= 0.6 is 0 Å². The third kappa shape index (κ3) is 23.4. The van der Waals surface area contributed by atoms with Gasteiger partial charge in [-0.3, -0.25) is 0 Å². The molecule has 40 heavy (non-hydrogen) atoms. The lowest BCUT2D eigenvalue weighted by Crippen LogP contribution is -2.35. The Hall–Kier alpha value is -0.160. The molecule has 242 valence electrons. The molecule has 0 spiro atoms. The normalized spacial score (nSPS) is 14.1. The van der Waals surface area contributed by atoms with Gasteiger partial charge in [-0.25, -0.2) is 0 Å². The molecular weight excluding hydrogens is 496 g/mol. The second-order valence-corrected chi connectivity index (χ2v) is 13.4. The second-order valence-electron chi connectivity index (χ2n) is 13.4. The van der Waals surface area contributed by atoms with Gasteiger partial charge < -0.3 is 18.9 Å². The molecule has 0 radical (unpaired) electrons. The van der Waals surface area contributed by atoms with E-state index in [2.05, 4.69) is 69.2 Å². The van der Waals surface area contributed by atoms with E-state index < -0.39 is 0 Å². The van der Waals surface area contributed by atoms with Crippen LogP contribution in [0.3, 0.4) is 0 Å². The van der Waals surface area contributed by atoms with Gasteiger partial charge in [0.05, 0.1) is 24.4 Å². The van der Waals surface area contributed by atoms with Gasteiger partial charge in [-0.15, -0.1) is 0 Å². The molecule has 0 aromatic rings. The van der Waals surface area contributed by atoms with Crippen LogP contribution < -0.4 is 0 Å². The third-order valence-corrected chi connectivity index (χ3v) is 7.66. The highest BCUT2D eigenvalue weighted by Crippen LogP contribution is 2.32. The van der Waals surface area contributed by atoms with E-state index in [1.54, 1.807) is 0 Å². The lowest BCUT2D eigenvalue weighted by molar-refractivity contribution is -0.220. The van der Waals surface area contributed by atoms with Gasteiger partial charge in [-0.05, 0) is 81.1 Å². The highest BCUT2D eigenvalue weighted by atomic mass is 16.7. The zero-order valence-corrected chi connectivity index (χ0v) is 29.0. The van der Waals surface area contributed by atoms with Crippen molar-refractivity contribution >= 4 is 0 Å². The summed E-state index contributed by atoms with van der Waals surface area (Å²) in [6.45, 7) is 21.6. The summed E-state index contributed by atoms with van der Waals surface area (Å²) in [6.07, 6.45) is 23.6. The first-order valence-electron chi connectivity index (χ1n) is 17.7. The summed E-state index contributed by atoms with van der Waals surface area (Å²) < 4.78 is 25.7. The topological polar surface area (TPSA) is 36.9 Å². The minimum atomic E-state index is -0.144. The Labute approximate surface area is 252 Å². The van der Waals surface area contributed by atoms with E-state index in [1.165, 1.54) is 103 Å². The van der Waals surface area contributed by atoms with Crippen LogP contribution in [-0.2, 0) is 18.9 Å². The molecule has 0 N–H and O–H groups in total. The summed E-state index contributed by atoms with van der Waals surface area (Å²) in [4.78, 5) is 0. The van der Waals surface area contributed by atoms with Crippen LogP contribution in [0.15, 0.2) is 0 Å². The van der Waals surface area contributed by atoms with Gasteiger partial charge in [-0.1, -0.05) is 104 Å². The van der Waals surface area contributed by atoms with Crippen LogP contribution in [-0.4, -0.2) is 37.0 Å². The van der Waals surface area contributed by atoms with Gasteiger partial charge in [-0.2, -0.15) is 0 Å². The summed E-state index contributed by atoms with van der Waals surface area (Å²) in [5, 5.41) is 0. The number of rotatable bonds is 29. The Bertz CT molecular complexity index is 453. The van der Waals surface area contributed by atoms with E-state index in [0.29, 0.717) is 11.8 Å². The zero-order valence-electron chi connectivity index (χ0n) is 29.0. The third-order valence-electron chi connectivity index (χ3n) is 7.66. The van der Waals surface area contributed by atoms with Crippen molar-refractivity contribution in [3.05, 3.63) is 0 Å². The van der Waals surface area contributed by atoms with Crippen LogP contribution in [0.25, 0.3) is 0 Å². The molecule has 0 heterocycles. The maximum atomic E-state index is 6.42. The largest absolute Gasteiger partial charge is 0.350 e. The first-order chi connectivity index (χ1) is 19.1. The summed E-state index contributed by atoms with van der Waals surface area (Å²) >= 11 is 0. The summed E-state index contributed by atoms with van der Waals surface area (Å²) in [5.74, 6) is 0.798. The van der Waals surface area contributed by atoms with Crippen molar-refractivity contribution in [1.29, 1.82) is 0 Å². The summed E-state index contributed by atoms with van der Waals surface area (Å²) in [6, 6.07) is 0. The molecule has 4 nitrogen and oxygen atoms in total. The fourth-order valence-corrected chi connectivity index (χ4v) is 5.57. The van der Waals surface area contributed by atoms with E-state index in [4.69, 9.17) is 18.9 Å². The number of ether oxygens (including phenoxy) is 4. The Morgan fingerprint density at radius 3 is 0.825 bits per heavy atom. The lowest BCUT2D eigenvalue weighted by Gasteiger charge is -2.34.